The van der Waals surface area contributed by atoms with Crippen LogP contribution >= 0.6 is 0 Å². The molecule has 7 heteroatoms. The molecule has 184 valence electrons. The molecule has 0 aliphatic heterocycles. The molecule has 0 spiro atoms. The van der Waals surface area contributed by atoms with Gasteiger partial charge in [-0.2, -0.15) is 0 Å². The van der Waals surface area contributed by atoms with Crippen LogP contribution in [0, 0.1) is 17.8 Å². The SMILES string of the molecule is O=C(O)CCCCNC(=O)C1CC2CC(NC(=O)OCC3c4ccccc4-c4ccccc43)C2C1. The van der Waals surface area contributed by atoms with Crippen LogP contribution in [0.4, 0.5) is 4.79 Å². The number of fused-ring (bicyclic) bond motifs is 4. The Balaban J connectivity index is 1.07. The molecule has 3 aliphatic rings. The molecule has 3 aliphatic carbocycles. The maximum atomic E-state index is 12.6. The van der Waals surface area contributed by atoms with E-state index in [0.29, 0.717) is 37.8 Å². The van der Waals surface area contributed by atoms with Crippen LogP contribution in [0.15, 0.2) is 48.5 Å². The van der Waals surface area contributed by atoms with Gasteiger partial charge in [0.2, 0.25) is 5.91 Å². The van der Waals surface area contributed by atoms with Crippen LogP contribution in [0.5, 0.6) is 0 Å². The summed E-state index contributed by atoms with van der Waals surface area (Å²) >= 11 is 0. The molecule has 2 aromatic rings. The van der Waals surface area contributed by atoms with Crippen LogP contribution in [-0.2, 0) is 14.3 Å². The minimum Gasteiger partial charge on any atom is -0.481 e. The highest BCUT2D eigenvalue weighted by molar-refractivity contribution is 5.80. The highest BCUT2D eigenvalue weighted by atomic mass is 16.5. The average molecular weight is 477 g/mol. The first-order valence-corrected chi connectivity index (χ1v) is 12.6. The molecule has 35 heavy (non-hydrogen) atoms. The quantitative estimate of drug-likeness (QED) is 0.468. The van der Waals surface area contributed by atoms with Crippen molar-refractivity contribution in [2.45, 2.75) is 50.5 Å². The number of unbranched alkanes of at least 4 members (excludes halogenated alkanes) is 1. The lowest BCUT2D eigenvalue weighted by atomic mass is 9.71. The second-order valence-electron chi connectivity index (χ2n) is 10.0. The van der Waals surface area contributed by atoms with Crippen LogP contribution in [0.1, 0.15) is 55.6 Å². The Bertz CT molecular complexity index is 1070. The van der Waals surface area contributed by atoms with E-state index in [1.54, 1.807) is 0 Å². The lowest BCUT2D eigenvalue weighted by Gasteiger charge is -2.40. The molecular weight excluding hydrogens is 444 g/mol. The van der Waals surface area contributed by atoms with Gasteiger partial charge in [-0.15, -0.1) is 0 Å². The van der Waals surface area contributed by atoms with E-state index in [4.69, 9.17) is 9.84 Å². The fourth-order valence-electron chi connectivity index (χ4n) is 6.16. The summed E-state index contributed by atoms with van der Waals surface area (Å²) in [5.74, 6) is 0.0410. The molecule has 0 saturated heterocycles. The molecule has 0 aromatic heterocycles. The number of benzene rings is 2. The molecule has 3 N–H and O–H groups in total. The summed E-state index contributed by atoms with van der Waals surface area (Å²) in [4.78, 5) is 35.7. The van der Waals surface area contributed by atoms with Gasteiger partial charge in [-0.05, 0) is 66.2 Å². The van der Waals surface area contributed by atoms with Gasteiger partial charge < -0.3 is 20.5 Å². The molecule has 2 saturated carbocycles. The molecule has 2 aromatic carbocycles. The zero-order valence-corrected chi connectivity index (χ0v) is 19.7. The van der Waals surface area contributed by atoms with Crippen molar-refractivity contribution in [1.29, 1.82) is 0 Å². The number of amides is 2. The minimum atomic E-state index is -0.807. The molecule has 7 nitrogen and oxygen atoms in total. The van der Waals surface area contributed by atoms with Gasteiger partial charge in [-0.25, -0.2) is 4.79 Å². The molecule has 5 rings (SSSR count). The summed E-state index contributed by atoms with van der Waals surface area (Å²) in [6, 6.07) is 16.6. The van der Waals surface area contributed by atoms with Gasteiger partial charge in [0, 0.05) is 30.8 Å². The average Bonchev–Trinajstić information content (AvgIpc) is 3.36. The van der Waals surface area contributed by atoms with Gasteiger partial charge in [0.05, 0.1) is 0 Å². The number of carbonyl (C=O) groups excluding carboxylic acids is 2. The van der Waals surface area contributed by atoms with Gasteiger partial charge in [0.1, 0.15) is 6.61 Å². The highest BCUT2D eigenvalue weighted by Crippen LogP contribution is 2.50. The Morgan fingerprint density at radius 1 is 0.914 bits per heavy atom. The van der Waals surface area contributed by atoms with Gasteiger partial charge >= 0.3 is 12.1 Å². The summed E-state index contributed by atoms with van der Waals surface area (Å²) in [6.07, 6.45) is 3.50. The third-order valence-corrected chi connectivity index (χ3v) is 7.96. The Labute approximate surface area is 205 Å². The van der Waals surface area contributed by atoms with Crippen molar-refractivity contribution in [1.82, 2.24) is 10.6 Å². The van der Waals surface area contributed by atoms with Crippen LogP contribution in [0.3, 0.4) is 0 Å². The smallest absolute Gasteiger partial charge is 0.407 e. The Morgan fingerprint density at radius 3 is 2.29 bits per heavy atom. The largest absolute Gasteiger partial charge is 0.481 e. The molecule has 2 amide bonds. The minimum absolute atomic E-state index is 0.0289. The molecule has 0 bridgehead atoms. The van der Waals surface area contributed by atoms with Crippen molar-refractivity contribution < 1.29 is 24.2 Å². The normalized spacial score (nSPS) is 24.0. The second kappa shape index (κ2) is 10.1. The first-order valence-electron chi connectivity index (χ1n) is 12.6. The Kier molecular flexibility index (Phi) is 6.75. The van der Waals surface area contributed by atoms with E-state index in [2.05, 4.69) is 34.9 Å². The summed E-state index contributed by atoms with van der Waals surface area (Å²) in [7, 11) is 0. The lowest BCUT2D eigenvalue weighted by Crippen LogP contribution is -2.50. The topological polar surface area (TPSA) is 105 Å². The first kappa shape index (κ1) is 23.4. The van der Waals surface area contributed by atoms with E-state index in [1.807, 2.05) is 24.3 Å². The maximum absolute atomic E-state index is 12.6. The van der Waals surface area contributed by atoms with Gasteiger partial charge in [-0.1, -0.05) is 48.5 Å². The third-order valence-electron chi connectivity index (χ3n) is 7.96. The number of carboxylic acids is 1. The number of hydrogen-bond donors (Lipinski definition) is 3. The van der Waals surface area contributed by atoms with Crippen molar-refractivity contribution >= 4 is 18.0 Å². The molecule has 0 heterocycles. The van der Waals surface area contributed by atoms with Crippen LogP contribution in [0.2, 0.25) is 0 Å². The molecule has 4 unspecified atom stereocenters. The molecule has 4 atom stereocenters. The van der Waals surface area contributed by atoms with Crippen molar-refractivity contribution in [3.05, 3.63) is 59.7 Å². The monoisotopic (exact) mass is 476 g/mol. The van der Waals surface area contributed by atoms with Gasteiger partial charge in [0.15, 0.2) is 0 Å². The van der Waals surface area contributed by atoms with E-state index in [-0.39, 0.29) is 36.3 Å². The van der Waals surface area contributed by atoms with E-state index in [0.717, 1.165) is 19.3 Å². The summed E-state index contributed by atoms with van der Waals surface area (Å²) < 4.78 is 5.69. The van der Waals surface area contributed by atoms with Gasteiger partial charge in [0.25, 0.3) is 0 Å². The number of carbonyl (C=O) groups is 3. The zero-order valence-electron chi connectivity index (χ0n) is 19.7. The van der Waals surface area contributed by atoms with Gasteiger partial charge in [-0.3, -0.25) is 9.59 Å². The summed E-state index contributed by atoms with van der Waals surface area (Å²) in [5.41, 5.74) is 4.79. The van der Waals surface area contributed by atoms with Crippen molar-refractivity contribution in [2.24, 2.45) is 17.8 Å². The number of ether oxygens (including phenoxy) is 1. The number of rotatable bonds is 9. The van der Waals surface area contributed by atoms with E-state index >= 15 is 0 Å². The highest BCUT2D eigenvalue weighted by Gasteiger charge is 2.50. The van der Waals surface area contributed by atoms with Crippen LogP contribution < -0.4 is 10.6 Å². The van der Waals surface area contributed by atoms with E-state index in [1.165, 1.54) is 22.3 Å². The standard InChI is InChI=1S/C28H32N2O5/c31-26(32)11-5-6-12-29-27(33)18-13-17-15-25(23(17)14-18)30-28(34)35-16-24-21-9-3-1-7-19(21)20-8-2-4-10-22(20)24/h1-4,7-10,17-18,23-25H,5-6,11-16H2,(H,29,33)(H,30,34)(H,31,32). The van der Waals surface area contributed by atoms with Crippen molar-refractivity contribution in [3.63, 3.8) is 0 Å². The second-order valence-corrected chi connectivity index (χ2v) is 10.0. The lowest BCUT2D eigenvalue weighted by molar-refractivity contribution is -0.137. The fraction of sp³-hybridized carbons (Fsp3) is 0.464. The molecule has 0 radical (unpaired) electrons. The number of aliphatic carboxylic acids is 1. The van der Waals surface area contributed by atoms with E-state index in [9.17, 15) is 14.4 Å². The summed E-state index contributed by atoms with van der Waals surface area (Å²) in [5, 5.41) is 14.7. The zero-order chi connectivity index (χ0) is 24.4. The Morgan fingerprint density at radius 2 is 1.60 bits per heavy atom. The number of alkyl carbamates (subject to hydrolysis) is 1. The fourth-order valence-corrected chi connectivity index (χ4v) is 6.16. The van der Waals surface area contributed by atoms with Crippen LogP contribution in [0.25, 0.3) is 11.1 Å². The predicted molar refractivity (Wildman–Crippen MR) is 131 cm³/mol. The van der Waals surface area contributed by atoms with Crippen LogP contribution in [-0.4, -0.2) is 42.3 Å². The van der Waals surface area contributed by atoms with Crippen molar-refractivity contribution in [3.8, 4) is 11.1 Å². The Hall–Kier alpha value is -3.35. The number of hydrogen-bond acceptors (Lipinski definition) is 4. The number of nitrogens with one attached hydrogen (secondary N) is 2. The summed E-state index contributed by atoms with van der Waals surface area (Å²) in [6.45, 7) is 0.812. The first-order chi connectivity index (χ1) is 17.0. The number of carboxylic acid groups (broad SMARTS) is 1. The predicted octanol–water partition coefficient (Wildman–Crippen LogP) is 4.31. The third kappa shape index (κ3) is 4.90. The van der Waals surface area contributed by atoms with E-state index < -0.39 is 5.97 Å². The van der Waals surface area contributed by atoms with Crippen molar-refractivity contribution in [2.75, 3.05) is 13.2 Å². The molecule has 2 fully saturated rings. The molecular formula is C28H32N2O5. The maximum Gasteiger partial charge on any atom is 0.407 e.